The minimum atomic E-state index is 0.864. The molecule has 24 valence electrons. The first-order valence-corrected chi connectivity index (χ1v) is 1.37. The molecule has 0 saturated heterocycles. The zero-order chi connectivity index (χ0) is 3.41. The Balaban J connectivity index is 2.55. The predicted octanol–water partition coefficient (Wildman–Crippen LogP) is 0.945. The maximum absolute atomic E-state index is 7.62. The Morgan fingerprint density at radius 3 is 2.00 bits per heavy atom. The summed E-state index contributed by atoms with van der Waals surface area (Å²) >= 11 is 3.49. The van der Waals surface area contributed by atoms with Crippen LogP contribution < -0.4 is 0 Å². The van der Waals surface area contributed by atoms with Crippen LogP contribution in [0.15, 0.2) is 11.7 Å². The molecule has 2 heteroatoms. The van der Waals surface area contributed by atoms with Crippen LogP contribution >= 0.6 is 12.6 Å². The molecule has 0 aromatic carbocycles. The number of aliphatic hydroxyl groups excluding tert-OH is 1. The smallest absolute Gasteiger partial charge is 0.0852 e. The summed E-state index contributed by atoms with van der Waals surface area (Å²) in [6.45, 7) is 0. The molecule has 0 heterocycles. The summed E-state index contributed by atoms with van der Waals surface area (Å²) in [4.78, 5) is 0. The lowest BCUT2D eigenvalue weighted by Crippen LogP contribution is -1.32. The average Bonchev–Trinajstić information content (AvgIpc) is 1.37. The lowest BCUT2D eigenvalue weighted by Gasteiger charge is -1.53. The summed E-state index contributed by atoms with van der Waals surface area (Å²) in [5.41, 5.74) is 0. The third-order valence-electron chi connectivity index (χ3n) is 0.0667. The molecular weight excluding hydrogens is 72.1 g/mol. The van der Waals surface area contributed by atoms with E-state index in [1.165, 1.54) is 5.41 Å². The Labute approximate surface area is 30.4 Å². The Morgan fingerprint density at radius 2 is 2.00 bits per heavy atom. The highest BCUT2D eigenvalue weighted by molar-refractivity contribution is 7.83. The Morgan fingerprint density at radius 1 is 1.75 bits per heavy atom. The van der Waals surface area contributed by atoms with Crippen LogP contribution in [0.5, 0.6) is 0 Å². The van der Waals surface area contributed by atoms with Crippen molar-refractivity contribution >= 4 is 12.6 Å². The van der Waals surface area contributed by atoms with Gasteiger partial charge in [0.2, 0.25) is 0 Å². The van der Waals surface area contributed by atoms with E-state index in [1.54, 1.807) is 0 Å². The number of thiol groups is 1. The maximum Gasteiger partial charge on any atom is 0.0852 e. The van der Waals surface area contributed by atoms with Crippen molar-refractivity contribution in [1.29, 1.82) is 0 Å². The fraction of sp³-hybridized carbons (Fsp3) is 0. The zero-order valence-electron chi connectivity index (χ0n) is 2.05. The molecule has 0 aliphatic carbocycles. The summed E-state index contributed by atoms with van der Waals surface area (Å²) in [5, 5.41) is 8.87. The highest BCUT2D eigenvalue weighted by Crippen LogP contribution is 1.66. The van der Waals surface area contributed by atoms with Crippen LogP contribution in [0.3, 0.4) is 0 Å². The summed E-state index contributed by atoms with van der Waals surface area (Å²) in [7, 11) is 0. The highest BCUT2D eigenvalue weighted by Gasteiger charge is 1.35. The van der Waals surface area contributed by atoms with E-state index in [1.807, 2.05) is 0 Å². The van der Waals surface area contributed by atoms with Gasteiger partial charge >= 0.3 is 0 Å². The van der Waals surface area contributed by atoms with Crippen LogP contribution in [-0.2, 0) is 0 Å². The van der Waals surface area contributed by atoms with Gasteiger partial charge in [0.05, 0.1) is 6.26 Å². The van der Waals surface area contributed by atoms with Gasteiger partial charge in [0.1, 0.15) is 0 Å². The molecule has 0 aliphatic heterocycles. The monoisotopic (exact) mass is 76.0 g/mol. The van der Waals surface area contributed by atoms with E-state index in [2.05, 4.69) is 12.6 Å². The minimum absolute atomic E-state index is 0.864. The fourth-order valence-corrected chi connectivity index (χ4v) is 0. The third kappa shape index (κ3) is 1.89. The van der Waals surface area contributed by atoms with Crippen molar-refractivity contribution in [2.45, 2.75) is 0 Å². The van der Waals surface area contributed by atoms with E-state index < -0.39 is 0 Å². The first kappa shape index (κ1) is 3.89. The number of rotatable bonds is 0. The first-order valence-electron chi connectivity index (χ1n) is 0.850. The SMILES string of the molecule is OC=CS. The molecule has 0 radical (unpaired) electrons. The van der Waals surface area contributed by atoms with E-state index >= 15 is 0 Å². The average molecular weight is 76.1 g/mol. The van der Waals surface area contributed by atoms with Gasteiger partial charge in [0, 0.05) is 5.41 Å². The van der Waals surface area contributed by atoms with Gasteiger partial charge in [0.15, 0.2) is 0 Å². The molecule has 0 bridgehead atoms. The number of hydrogen-bond donors (Lipinski definition) is 2. The van der Waals surface area contributed by atoms with E-state index in [4.69, 9.17) is 5.11 Å². The summed E-state index contributed by atoms with van der Waals surface area (Å²) in [6, 6.07) is 0. The molecule has 4 heavy (non-hydrogen) atoms. The second-order valence-corrected chi connectivity index (χ2v) is 0.596. The van der Waals surface area contributed by atoms with Crippen molar-refractivity contribution in [1.82, 2.24) is 0 Å². The van der Waals surface area contributed by atoms with Gasteiger partial charge in [0.25, 0.3) is 0 Å². The van der Waals surface area contributed by atoms with Crippen molar-refractivity contribution in [3.05, 3.63) is 11.7 Å². The van der Waals surface area contributed by atoms with Gasteiger partial charge in [-0.15, -0.1) is 12.6 Å². The molecule has 0 fully saturated rings. The molecule has 1 nitrogen and oxygen atoms in total. The lowest BCUT2D eigenvalue weighted by atomic mass is 11.2. The molecular formula is C2H4OS. The van der Waals surface area contributed by atoms with E-state index in [0.717, 1.165) is 6.26 Å². The van der Waals surface area contributed by atoms with E-state index in [0.29, 0.717) is 0 Å². The molecule has 0 amide bonds. The maximum atomic E-state index is 7.62. The highest BCUT2D eigenvalue weighted by atomic mass is 32.1. The molecule has 0 saturated carbocycles. The third-order valence-corrected chi connectivity index (χ3v) is 0.200. The van der Waals surface area contributed by atoms with Crippen molar-refractivity contribution in [3.63, 3.8) is 0 Å². The van der Waals surface area contributed by atoms with Crippen LogP contribution in [0.25, 0.3) is 0 Å². The topological polar surface area (TPSA) is 20.2 Å². The van der Waals surface area contributed by atoms with E-state index in [9.17, 15) is 0 Å². The summed E-state index contributed by atoms with van der Waals surface area (Å²) < 4.78 is 0. The molecule has 0 aliphatic rings. The largest absolute Gasteiger partial charge is 0.515 e. The van der Waals surface area contributed by atoms with Crippen LogP contribution in [-0.4, -0.2) is 5.11 Å². The Bertz CT molecular complexity index is 21.2. The molecule has 1 N–H and O–H groups in total. The molecule has 0 aromatic rings. The van der Waals surface area contributed by atoms with Crippen LogP contribution in [0.2, 0.25) is 0 Å². The van der Waals surface area contributed by atoms with Crippen LogP contribution in [0.4, 0.5) is 0 Å². The summed E-state index contributed by atoms with van der Waals surface area (Å²) in [6.07, 6.45) is 0.864. The second kappa shape index (κ2) is 2.89. The van der Waals surface area contributed by atoms with Gasteiger partial charge in [-0.1, -0.05) is 0 Å². The minimum Gasteiger partial charge on any atom is -0.515 e. The number of hydrogen-bond acceptors (Lipinski definition) is 2. The van der Waals surface area contributed by atoms with Gasteiger partial charge < -0.3 is 5.11 Å². The molecule has 0 rings (SSSR count). The van der Waals surface area contributed by atoms with Crippen molar-refractivity contribution in [2.75, 3.05) is 0 Å². The molecule has 0 aromatic heterocycles. The van der Waals surface area contributed by atoms with Crippen LogP contribution in [0, 0.1) is 0 Å². The van der Waals surface area contributed by atoms with Gasteiger partial charge in [-0.2, -0.15) is 0 Å². The molecule has 0 atom stereocenters. The van der Waals surface area contributed by atoms with Crippen molar-refractivity contribution in [2.24, 2.45) is 0 Å². The van der Waals surface area contributed by atoms with Gasteiger partial charge in [-0.05, 0) is 0 Å². The van der Waals surface area contributed by atoms with Gasteiger partial charge in [-0.25, -0.2) is 0 Å². The first-order chi connectivity index (χ1) is 1.91. The quantitative estimate of drug-likeness (QED) is 0.325. The normalized spacial score (nSPS) is 9.25. The second-order valence-electron chi connectivity index (χ2n) is 0.298. The predicted molar refractivity (Wildman–Crippen MR) is 20.8 cm³/mol. The van der Waals surface area contributed by atoms with Crippen molar-refractivity contribution in [3.8, 4) is 0 Å². The lowest BCUT2D eigenvalue weighted by molar-refractivity contribution is 0.475. The standard InChI is InChI=1S/C2H4OS/c3-1-2-4/h1-4H. The molecule has 0 unspecified atom stereocenters. The van der Waals surface area contributed by atoms with Crippen molar-refractivity contribution < 1.29 is 5.11 Å². The van der Waals surface area contributed by atoms with Gasteiger partial charge in [-0.3, -0.25) is 0 Å². The molecule has 0 spiro atoms. The van der Waals surface area contributed by atoms with Crippen LogP contribution in [0.1, 0.15) is 0 Å². The fourth-order valence-electron chi connectivity index (χ4n) is 0. The Kier molecular flexibility index (Phi) is 2.81. The summed E-state index contributed by atoms with van der Waals surface area (Å²) in [5.74, 6) is 0. The number of aliphatic hydroxyl groups is 1. The zero-order valence-corrected chi connectivity index (χ0v) is 2.94. The Hall–Kier alpha value is -0.110. The van der Waals surface area contributed by atoms with E-state index in [-0.39, 0.29) is 0 Å².